The molecule has 0 radical (unpaired) electrons. The Kier molecular flexibility index (Phi) is 5.31. The molecule has 0 atom stereocenters. The van der Waals surface area contributed by atoms with Gasteiger partial charge in [0.1, 0.15) is 5.82 Å². The van der Waals surface area contributed by atoms with E-state index in [2.05, 4.69) is 26.2 Å². The lowest BCUT2D eigenvalue weighted by Crippen LogP contribution is -2.06. The standard InChI is InChI=1S/C19H15BrN2O2S/c20-16-11-12-19(21-13-16)22-14-18(15-7-3-1-4-8-15)25(23,24)17-9-5-2-6-10-17/h1-14H,(H,21,22). The molecule has 0 saturated heterocycles. The summed E-state index contributed by atoms with van der Waals surface area (Å²) in [6.45, 7) is 0. The second kappa shape index (κ2) is 7.63. The van der Waals surface area contributed by atoms with E-state index in [1.807, 2.05) is 24.3 Å². The van der Waals surface area contributed by atoms with Crippen molar-refractivity contribution in [1.29, 1.82) is 0 Å². The summed E-state index contributed by atoms with van der Waals surface area (Å²) >= 11 is 3.32. The fourth-order valence-corrected chi connectivity index (χ4v) is 3.91. The van der Waals surface area contributed by atoms with Crippen molar-refractivity contribution >= 4 is 36.5 Å². The summed E-state index contributed by atoms with van der Waals surface area (Å²) in [4.78, 5) is 4.63. The molecule has 1 heterocycles. The van der Waals surface area contributed by atoms with E-state index in [1.54, 1.807) is 54.7 Å². The molecule has 3 rings (SSSR count). The fourth-order valence-electron chi connectivity index (χ4n) is 2.25. The maximum absolute atomic E-state index is 13.1. The highest BCUT2D eigenvalue weighted by molar-refractivity contribution is 9.10. The van der Waals surface area contributed by atoms with Gasteiger partial charge in [-0.2, -0.15) is 0 Å². The first-order valence-electron chi connectivity index (χ1n) is 7.51. The molecule has 3 aromatic rings. The average molecular weight is 415 g/mol. The topological polar surface area (TPSA) is 59.1 Å². The third-order valence-electron chi connectivity index (χ3n) is 3.48. The highest BCUT2D eigenvalue weighted by Crippen LogP contribution is 2.27. The fraction of sp³-hybridized carbons (Fsp3) is 0. The van der Waals surface area contributed by atoms with Crippen molar-refractivity contribution in [3.8, 4) is 0 Å². The third kappa shape index (κ3) is 4.15. The Morgan fingerprint density at radius 3 is 2.16 bits per heavy atom. The highest BCUT2D eigenvalue weighted by Gasteiger charge is 2.22. The highest BCUT2D eigenvalue weighted by atomic mass is 79.9. The summed E-state index contributed by atoms with van der Waals surface area (Å²) in [6, 6.07) is 21.0. The summed E-state index contributed by atoms with van der Waals surface area (Å²) in [6.07, 6.45) is 3.12. The first kappa shape index (κ1) is 17.4. The molecule has 6 heteroatoms. The van der Waals surface area contributed by atoms with Crippen molar-refractivity contribution in [2.45, 2.75) is 4.90 Å². The van der Waals surface area contributed by atoms with E-state index in [9.17, 15) is 8.42 Å². The van der Waals surface area contributed by atoms with Gasteiger partial charge in [-0.25, -0.2) is 13.4 Å². The normalized spacial score (nSPS) is 12.0. The van der Waals surface area contributed by atoms with Crippen LogP contribution in [0.3, 0.4) is 0 Å². The lowest BCUT2D eigenvalue weighted by molar-refractivity contribution is 0.606. The zero-order chi connectivity index (χ0) is 17.7. The van der Waals surface area contributed by atoms with Gasteiger partial charge in [-0.05, 0) is 45.8 Å². The SMILES string of the molecule is O=S(=O)(C(=CNc1ccc(Br)cn1)c1ccccc1)c1ccccc1. The lowest BCUT2D eigenvalue weighted by Gasteiger charge is -2.11. The first-order valence-corrected chi connectivity index (χ1v) is 9.79. The maximum atomic E-state index is 13.1. The van der Waals surface area contributed by atoms with E-state index < -0.39 is 9.84 Å². The number of aromatic nitrogens is 1. The van der Waals surface area contributed by atoms with Gasteiger partial charge in [0.05, 0.1) is 9.80 Å². The average Bonchev–Trinajstić information content (AvgIpc) is 2.65. The number of hydrogen-bond acceptors (Lipinski definition) is 4. The van der Waals surface area contributed by atoms with Crippen LogP contribution < -0.4 is 5.32 Å². The molecule has 0 saturated carbocycles. The van der Waals surface area contributed by atoms with Crippen molar-refractivity contribution in [1.82, 2.24) is 4.98 Å². The minimum Gasteiger partial charge on any atom is -0.345 e. The van der Waals surface area contributed by atoms with Crippen LogP contribution in [0.25, 0.3) is 4.91 Å². The van der Waals surface area contributed by atoms with Crippen LogP contribution in [-0.4, -0.2) is 13.4 Å². The smallest absolute Gasteiger partial charge is 0.208 e. The van der Waals surface area contributed by atoms with Crippen molar-refractivity contribution in [2.75, 3.05) is 5.32 Å². The molecule has 0 spiro atoms. The molecular formula is C19H15BrN2O2S. The number of nitrogens with zero attached hydrogens (tertiary/aromatic N) is 1. The Labute approximate surface area is 155 Å². The second-order valence-electron chi connectivity index (χ2n) is 5.20. The van der Waals surface area contributed by atoms with Gasteiger partial charge in [0.15, 0.2) is 0 Å². The van der Waals surface area contributed by atoms with E-state index in [4.69, 9.17) is 0 Å². The first-order chi connectivity index (χ1) is 12.1. The van der Waals surface area contributed by atoms with Crippen LogP contribution in [0.5, 0.6) is 0 Å². The molecule has 0 aliphatic heterocycles. The predicted octanol–water partition coefficient (Wildman–Crippen LogP) is 4.73. The van der Waals surface area contributed by atoms with E-state index in [-0.39, 0.29) is 9.80 Å². The number of halogens is 1. The molecule has 126 valence electrons. The molecule has 0 aliphatic rings. The summed E-state index contributed by atoms with van der Waals surface area (Å²) in [5.41, 5.74) is 0.607. The number of sulfone groups is 1. The Balaban J connectivity index is 2.04. The van der Waals surface area contributed by atoms with Crippen molar-refractivity contribution in [3.63, 3.8) is 0 Å². The number of benzene rings is 2. The predicted molar refractivity (Wildman–Crippen MR) is 104 cm³/mol. The van der Waals surface area contributed by atoms with E-state index in [0.29, 0.717) is 11.4 Å². The summed E-state index contributed by atoms with van der Waals surface area (Å²) < 4.78 is 27.0. The van der Waals surface area contributed by atoms with Crippen LogP contribution in [0, 0.1) is 0 Å². The minimum absolute atomic E-state index is 0.184. The number of rotatable bonds is 5. The zero-order valence-electron chi connectivity index (χ0n) is 13.1. The van der Waals surface area contributed by atoms with E-state index >= 15 is 0 Å². The van der Waals surface area contributed by atoms with Crippen LogP contribution in [0.1, 0.15) is 5.56 Å². The van der Waals surface area contributed by atoms with Gasteiger partial charge in [0.25, 0.3) is 0 Å². The molecule has 4 nitrogen and oxygen atoms in total. The third-order valence-corrected chi connectivity index (χ3v) is 5.77. The van der Waals surface area contributed by atoms with Crippen molar-refractivity contribution in [2.24, 2.45) is 0 Å². The maximum Gasteiger partial charge on any atom is 0.208 e. The number of anilines is 1. The Hall–Kier alpha value is -2.44. The monoisotopic (exact) mass is 414 g/mol. The Bertz CT molecular complexity index is 971. The molecule has 0 amide bonds. The van der Waals surface area contributed by atoms with Gasteiger partial charge in [0.2, 0.25) is 9.84 Å². The molecule has 25 heavy (non-hydrogen) atoms. The van der Waals surface area contributed by atoms with Crippen LogP contribution in [-0.2, 0) is 9.84 Å². The molecule has 0 bridgehead atoms. The number of hydrogen-bond donors (Lipinski definition) is 1. The van der Waals surface area contributed by atoms with Crippen LogP contribution in [0.2, 0.25) is 0 Å². The molecule has 0 aliphatic carbocycles. The molecule has 0 fully saturated rings. The van der Waals surface area contributed by atoms with Gasteiger partial charge in [-0.15, -0.1) is 0 Å². The minimum atomic E-state index is -3.67. The zero-order valence-corrected chi connectivity index (χ0v) is 15.5. The van der Waals surface area contributed by atoms with Gasteiger partial charge in [0, 0.05) is 16.9 Å². The van der Waals surface area contributed by atoms with E-state index in [0.717, 1.165) is 4.47 Å². The van der Waals surface area contributed by atoms with Gasteiger partial charge in [-0.3, -0.25) is 0 Å². The molecule has 2 aromatic carbocycles. The summed E-state index contributed by atoms with van der Waals surface area (Å²) in [5, 5.41) is 2.97. The quantitative estimate of drug-likeness (QED) is 0.655. The molecule has 0 unspecified atom stereocenters. The van der Waals surface area contributed by atoms with Crippen molar-refractivity contribution < 1.29 is 8.42 Å². The molecule has 1 aromatic heterocycles. The van der Waals surface area contributed by atoms with Crippen molar-refractivity contribution in [3.05, 3.63) is 95.2 Å². The van der Waals surface area contributed by atoms with Crippen LogP contribution >= 0.6 is 15.9 Å². The Morgan fingerprint density at radius 2 is 1.56 bits per heavy atom. The largest absolute Gasteiger partial charge is 0.345 e. The Morgan fingerprint density at radius 1 is 0.920 bits per heavy atom. The van der Waals surface area contributed by atoms with Gasteiger partial charge >= 0.3 is 0 Å². The summed E-state index contributed by atoms with van der Waals surface area (Å²) in [7, 11) is -3.67. The number of nitrogens with one attached hydrogen (secondary N) is 1. The van der Waals surface area contributed by atoms with Gasteiger partial charge in [-0.1, -0.05) is 48.5 Å². The lowest BCUT2D eigenvalue weighted by atomic mass is 10.2. The summed E-state index contributed by atoms with van der Waals surface area (Å²) in [5.74, 6) is 0.555. The van der Waals surface area contributed by atoms with E-state index in [1.165, 1.54) is 6.20 Å². The van der Waals surface area contributed by atoms with Gasteiger partial charge < -0.3 is 5.32 Å². The molecule has 1 N–H and O–H groups in total. The van der Waals surface area contributed by atoms with Crippen LogP contribution in [0.15, 0.2) is 94.6 Å². The molecular weight excluding hydrogens is 400 g/mol. The number of pyridine rings is 1. The second-order valence-corrected chi connectivity index (χ2v) is 8.03. The van der Waals surface area contributed by atoms with Crippen LogP contribution in [0.4, 0.5) is 5.82 Å².